The lowest BCUT2D eigenvalue weighted by molar-refractivity contribution is -0.155. The standard InChI is InChI=1S/C18H21NO4/c1-11-5-6-14-13(10-23-16(14)12(11)2)9-15(20)19-8-4-7-18(19,3)17(21)22/h5-6,10H,4,7-9H2,1-3H3,(H,21,22). The molecule has 0 spiro atoms. The Morgan fingerprint density at radius 2 is 2.09 bits per heavy atom. The number of amides is 1. The number of carbonyl (C=O) groups excluding carboxylic acids is 1. The van der Waals surface area contributed by atoms with Gasteiger partial charge < -0.3 is 14.4 Å². The van der Waals surface area contributed by atoms with Crippen molar-refractivity contribution in [2.75, 3.05) is 6.54 Å². The lowest BCUT2D eigenvalue weighted by atomic mass is 9.98. The van der Waals surface area contributed by atoms with Gasteiger partial charge in [0.15, 0.2) is 0 Å². The van der Waals surface area contributed by atoms with Crippen molar-refractivity contribution in [3.8, 4) is 0 Å². The second-order valence-corrected chi connectivity index (χ2v) is 6.55. The minimum atomic E-state index is -1.09. The van der Waals surface area contributed by atoms with Crippen molar-refractivity contribution < 1.29 is 19.1 Å². The molecule has 2 heterocycles. The molecule has 23 heavy (non-hydrogen) atoms. The molecule has 1 atom stereocenters. The summed E-state index contributed by atoms with van der Waals surface area (Å²) in [5.74, 6) is -1.10. The Morgan fingerprint density at radius 1 is 1.35 bits per heavy atom. The van der Waals surface area contributed by atoms with Crippen LogP contribution in [0.2, 0.25) is 0 Å². The Bertz CT molecular complexity index is 792. The van der Waals surface area contributed by atoms with Gasteiger partial charge in [0.1, 0.15) is 11.1 Å². The molecule has 2 aromatic rings. The lowest BCUT2D eigenvalue weighted by Gasteiger charge is -2.31. The van der Waals surface area contributed by atoms with Gasteiger partial charge in [0.2, 0.25) is 5.91 Å². The quantitative estimate of drug-likeness (QED) is 0.945. The van der Waals surface area contributed by atoms with Crippen molar-refractivity contribution in [3.63, 3.8) is 0 Å². The van der Waals surface area contributed by atoms with Gasteiger partial charge in [-0.3, -0.25) is 4.79 Å². The fourth-order valence-electron chi connectivity index (χ4n) is 3.37. The van der Waals surface area contributed by atoms with Crippen molar-refractivity contribution in [2.45, 2.75) is 45.6 Å². The average Bonchev–Trinajstić information content (AvgIpc) is 3.08. The number of furan rings is 1. The van der Waals surface area contributed by atoms with Gasteiger partial charge in [0, 0.05) is 17.5 Å². The third-order valence-electron chi connectivity index (χ3n) is 5.09. The Hall–Kier alpha value is -2.30. The molecule has 1 unspecified atom stereocenters. The van der Waals surface area contributed by atoms with E-state index in [1.54, 1.807) is 13.2 Å². The van der Waals surface area contributed by atoms with Gasteiger partial charge in [-0.2, -0.15) is 0 Å². The summed E-state index contributed by atoms with van der Waals surface area (Å²) in [6.45, 7) is 6.14. The number of aliphatic carboxylic acids is 1. The molecule has 0 bridgehead atoms. The van der Waals surface area contributed by atoms with Crippen molar-refractivity contribution in [1.29, 1.82) is 0 Å². The van der Waals surface area contributed by atoms with E-state index in [0.717, 1.165) is 34.1 Å². The van der Waals surface area contributed by atoms with E-state index in [1.165, 1.54) is 4.90 Å². The molecule has 122 valence electrons. The summed E-state index contributed by atoms with van der Waals surface area (Å²) in [6.07, 6.45) is 3.00. The van der Waals surface area contributed by atoms with E-state index in [0.29, 0.717) is 13.0 Å². The maximum absolute atomic E-state index is 12.6. The van der Waals surface area contributed by atoms with Gasteiger partial charge in [-0.15, -0.1) is 0 Å². The summed E-state index contributed by atoms with van der Waals surface area (Å²) in [5.41, 5.74) is 2.73. The number of rotatable bonds is 3. The topological polar surface area (TPSA) is 70.8 Å². The van der Waals surface area contributed by atoms with E-state index in [4.69, 9.17) is 4.42 Å². The SMILES string of the molecule is Cc1ccc2c(CC(=O)N3CCCC3(C)C(=O)O)coc2c1C. The van der Waals surface area contributed by atoms with Crippen LogP contribution in [-0.4, -0.2) is 34.0 Å². The predicted molar refractivity (Wildman–Crippen MR) is 86.4 cm³/mol. The maximum atomic E-state index is 12.6. The van der Waals surface area contributed by atoms with E-state index in [9.17, 15) is 14.7 Å². The zero-order chi connectivity index (χ0) is 16.8. The molecule has 1 fully saturated rings. The van der Waals surface area contributed by atoms with Crippen LogP contribution in [0.3, 0.4) is 0 Å². The highest BCUT2D eigenvalue weighted by Gasteiger charge is 2.45. The van der Waals surface area contributed by atoms with Gasteiger partial charge in [0.05, 0.1) is 12.7 Å². The third kappa shape index (κ3) is 2.40. The molecule has 5 heteroatoms. The largest absolute Gasteiger partial charge is 0.480 e. The number of likely N-dealkylation sites (tertiary alicyclic amines) is 1. The van der Waals surface area contributed by atoms with Crippen LogP contribution in [0.1, 0.15) is 36.5 Å². The molecular weight excluding hydrogens is 294 g/mol. The maximum Gasteiger partial charge on any atom is 0.329 e. The van der Waals surface area contributed by atoms with Crippen LogP contribution in [0.15, 0.2) is 22.8 Å². The molecule has 1 aliphatic heterocycles. The van der Waals surface area contributed by atoms with Gasteiger partial charge in [-0.05, 0) is 44.7 Å². The van der Waals surface area contributed by atoms with Crippen molar-refractivity contribution >= 4 is 22.8 Å². The predicted octanol–water partition coefficient (Wildman–Crippen LogP) is 3.06. The number of aryl methyl sites for hydroxylation is 2. The molecule has 1 aliphatic rings. The lowest BCUT2D eigenvalue weighted by Crippen LogP contribution is -2.51. The van der Waals surface area contributed by atoms with Crippen molar-refractivity contribution in [1.82, 2.24) is 4.90 Å². The molecule has 1 aromatic heterocycles. The zero-order valence-corrected chi connectivity index (χ0v) is 13.7. The highest BCUT2D eigenvalue weighted by Crippen LogP contribution is 2.31. The van der Waals surface area contributed by atoms with Crippen LogP contribution in [0.5, 0.6) is 0 Å². The Balaban J connectivity index is 1.89. The first-order valence-electron chi connectivity index (χ1n) is 7.85. The van der Waals surface area contributed by atoms with E-state index in [2.05, 4.69) is 0 Å². The van der Waals surface area contributed by atoms with Crippen LogP contribution in [0.4, 0.5) is 0 Å². The summed E-state index contributed by atoms with van der Waals surface area (Å²) < 4.78 is 5.64. The van der Waals surface area contributed by atoms with E-state index < -0.39 is 11.5 Å². The van der Waals surface area contributed by atoms with Crippen molar-refractivity contribution in [2.24, 2.45) is 0 Å². The summed E-state index contributed by atoms with van der Waals surface area (Å²) in [6, 6.07) is 3.97. The van der Waals surface area contributed by atoms with Gasteiger partial charge in [-0.25, -0.2) is 4.79 Å². The number of carboxylic acids is 1. The molecule has 1 N–H and O–H groups in total. The molecule has 3 rings (SSSR count). The monoisotopic (exact) mass is 315 g/mol. The Kier molecular flexibility index (Phi) is 3.66. The summed E-state index contributed by atoms with van der Waals surface area (Å²) >= 11 is 0. The normalized spacial score (nSPS) is 21.1. The molecular formula is C18H21NO4. The highest BCUT2D eigenvalue weighted by atomic mass is 16.4. The number of carbonyl (C=O) groups is 2. The van der Waals surface area contributed by atoms with E-state index in [-0.39, 0.29) is 12.3 Å². The first kappa shape index (κ1) is 15.6. The first-order chi connectivity index (χ1) is 10.8. The fraction of sp³-hybridized carbons (Fsp3) is 0.444. The van der Waals surface area contributed by atoms with Crippen LogP contribution in [0.25, 0.3) is 11.0 Å². The number of hydrogen-bond acceptors (Lipinski definition) is 3. The smallest absolute Gasteiger partial charge is 0.329 e. The van der Waals surface area contributed by atoms with Gasteiger partial charge >= 0.3 is 5.97 Å². The number of fused-ring (bicyclic) bond motifs is 1. The minimum Gasteiger partial charge on any atom is -0.480 e. The van der Waals surface area contributed by atoms with Gasteiger partial charge in [0.25, 0.3) is 0 Å². The number of nitrogens with zero attached hydrogens (tertiary/aromatic N) is 1. The molecule has 0 radical (unpaired) electrons. The zero-order valence-electron chi connectivity index (χ0n) is 13.7. The Labute approximate surface area is 134 Å². The van der Waals surface area contributed by atoms with E-state index in [1.807, 2.05) is 26.0 Å². The molecule has 0 saturated carbocycles. The van der Waals surface area contributed by atoms with Crippen LogP contribution < -0.4 is 0 Å². The summed E-state index contributed by atoms with van der Waals surface area (Å²) in [4.78, 5) is 25.7. The second-order valence-electron chi connectivity index (χ2n) is 6.55. The average molecular weight is 315 g/mol. The number of benzene rings is 1. The highest BCUT2D eigenvalue weighted by molar-refractivity contribution is 5.92. The Morgan fingerprint density at radius 3 is 2.78 bits per heavy atom. The fourth-order valence-corrected chi connectivity index (χ4v) is 3.37. The molecule has 1 amide bonds. The molecule has 1 saturated heterocycles. The molecule has 1 aromatic carbocycles. The number of carboxylic acid groups (broad SMARTS) is 1. The minimum absolute atomic E-state index is 0.159. The van der Waals surface area contributed by atoms with Crippen molar-refractivity contribution in [3.05, 3.63) is 35.1 Å². The van der Waals surface area contributed by atoms with Gasteiger partial charge in [-0.1, -0.05) is 12.1 Å². The van der Waals surface area contributed by atoms with E-state index >= 15 is 0 Å². The molecule has 0 aliphatic carbocycles. The summed E-state index contributed by atoms with van der Waals surface area (Å²) in [5, 5.41) is 10.4. The number of hydrogen-bond donors (Lipinski definition) is 1. The molecule has 5 nitrogen and oxygen atoms in total. The third-order valence-corrected chi connectivity index (χ3v) is 5.09. The van der Waals surface area contributed by atoms with Crippen LogP contribution in [-0.2, 0) is 16.0 Å². The first-order valence-corrected chi connectivity index (χ1v) is 7.85. The van der Waals surface area contributed by atoms with Crippen LogP contribution in [0, 0.1) is 13.8 Å². The second kappa shape index (κ2) is 5.41. The van der Waals surface area contributed by atoms with Crippen LogP contribution >= 0.6 is 0 Å². The summed E-state index contributed by atoms with van der Waals surface area (Å²) in [7, 11) is 0.